The number of hydrogen-bond acceptors (Lipinski definition) is 3. The standard InChI is InChI=1S/C13H16N2O2/c1-13(2,9-15-12(16)8-14)10-5-4-6-11(7-10)17-3/h4-7H,9H2,1-3H3,(H,15,16). The van der Waals surface area contributed by atoms with E-state index in [-0.39, 0.29) is 5.41 Å². The number of benzene rings is 1. The highest BCUT2D eigenvalue weighted by Crippen LogP contribution is 2.25. The number of methoxy groups -OCH3 is 1. The summed E-state index contributed by atoms with van der Waals surface area (Å²) in [5.74, 6) is 0.170. The lowest BCUT2D eigenvalue weighted by molar-refractivity contribution is -0.116. The van der Waals surface area contributed by atoms with Crippen LogP contribution in [0.3, 0.4) is 0 Å². The fraction of sp³-hybridized carbons (Fsp3) is 0.385. The van der Waals surface area contributed by atoms with E-state index in [0.717, 1.165) is 11.3 Å². The molecule has 1 aromatic rings. The van der Waals surface area contributed by atoms with Gasteiger partial charge in [-0.05, 0) is 17.7 Å². The van der Waals surface area contributed by atoms with Crippen LogP contribution in [0.5, 0.6) is 5.75 Å². The largest absolute Gasteiger partial charge is 0.497 e. The first-order valence-electron chi connectivity index (χ1n) is 5.32. The van der Waals surface area contributed by atoms with Crippen LogP contribution in [0.4, 0.5) is 0 Å². The van der Waals surface area contributed by atoms with Gasteiger partial charge < -0.3 is 10.1 Å². The second kappa shape index (κ2) is 5.35. The Labute approximate surface area is 101 Å². The Morgan fingerprint density at radius 3 is 2.82 bits per heavy atom. The third-order valence-electron chi connectivity index (χ3n) is 2.64. The molecular formula is C13H16N2O2. The van der Waals surface area contributed by atoms with Crippen molar-refractivity contribution in [2.24, 2.45) is 0 Å². The summed E-state index contributed by atoms with van der Waals surface area (Å²) in [6.07, 6.45) is 0. The van der Waals surface area contributed by atoms with Crippen molar-refractivity contribution >= 4 is 5.91 Å². The van der Waals surface area contributed by atoms with Crippen LogP contribution in [0.25, 0.3) is 0 Å². The minimum absolute atomic E-state index is 0.249. The number of carbonyl (C=O) groups excluding carboxylic acids is 1. The Morgan fingerprint density at radius 1 is 1.53 bits per heavy atom. The molecule has 4 heteroatoms. The van der Waals surface area contributed by atoms with Gasteiger partial charge in [-0.15, -0.1) is 0 Å². The summed E-state index contributed by atoms with van der Waals surface area (Å²) in [5.41, 5.74) is 0.802. The van der Waals surface area contributed by atoms with E-state index in [2.05, 4.69) is 5.32 Å². The van der Waals surface area contributed by atoms with E-state index < -0.39 is 5.91 Å². The molecule has 0 aliphatic heterocycles. The molecule has 0 aromatic heterocycles. The molecule has 0 fully saturated rings. The Kier molecular flexibility index (Phi) is 4.11. The third kappa shape index (κ3) is 3.49. The van der Waals surface area contributed by atoms with Crippen molar-refractivity contribution in [3.63, 3.8) is 0 Å². The smallest absolute Gasteiger partial charge is 0.322 e. The van der Waals surface area contributed by atoms with Crippen molar-refractivity contribution < 1.29 is 9.53 Å². The molecule has 0 saturated heterocycles. The van der Waals surface area contributed by atoms with Crippen molar-refractivity contribution in [1.29, 1.82) is 5.26 Å². The van der Waals surface area contributed by atoms with Crippen LogP contribution >= 0.6 is 0 Å². The zero-order chi connectivity index (χ0) is 12.9. The molecule has 1 rings (SSSR count). The van der Waals surface area contributed by atoms with E-state index in [0.29, 0.717) is 6.54 Å². The third-order valence-corrected chi connectivity index (χ3v) is 2.64. The maximum absolute atomic E-state index is 10.9. The minimum atomic E-state index is -0.610. The van der Waals surface area contributed by atoms with E-state index in [4.69, 9.17) is 10.00 Å². The Bertz CT molecular complexity index is 447. The first-order chi connectivity index (χ1) is 7.99. The van der Waals surface area contributed by atoms with Gasteiger partial charge in [0, 0.05) is 12.0 Å². The summed E-state index contributed by atoms with van der Waals surface area (Å²) >= 11 is 0. The molecule has 0 heterocycles. The van der Waals surface area contributed by atoms with Gasteiger partial charge in [-0.1, -0.05) is 26.0 Å². The van der Waals surface area contributed by atoms with Gasteiger partial charge in [0.25, 0.3) is 0 Å². The lowest BCUT2D eigenvalue weighted by Crippen LogP contribution is -2.36. The Morgan fingerprint density at radius 2 is 2.24 bits per heavy atom. The summed E-state index contributed by atoms with van der Waals surface area (Å²) in [5, 5.41) is 11.0. The van der Waals surface area contributed by atoms with Crippen LogP contribution in [-0.4, -0.2) is 19.6 Å². The van der Waals surface area contributed by atoms with E-state index in [9.17, 15) is 4.79 Å². The zero-order valence-corrected chi connectivity index (χ0v) is 10.3. The highest BCUT2D eigenvalue weighted by Gasteiger charge is 2.21. The SMILES string of the molecule is COc1cccc(C(C)(C)CNC(=O)C#N)c1. The van der Waals surface area contributed by atoms with Gasteiger partial charge in [-0.25, -0.2) is 0 Å². The molecule has 1 amide bonds. The summed E-state index contributed by atoms with van der Waals surface area (Å²) in [6, 6.07) is 9.21. The van der Waals surface area contributed by atoms with Crippen molar-refractivity contribution in [3.8, 4) is 11.8 Å². The number of rotatable bonds is 4. The molecule has 90 valence electrons. The zero-order valence-electron chi connectivity index (χ0n) is 10.3. The van der Waals surface area contributed by atoms with Crippen LogP contribution in [0.1, 0.15) is 19.4 Å². The average molecular weight is 232 g/mol. The predicted octanol–water partition coefficient (Wildman–Crippen LogP) is 1.61. The van der Waals surface area contributed by atoms with Gasteiger partial charge in [-0.2, -0.15) is 5.26 Å². The molecule has 4 nitrogen and oxygen atoms in total. The Balaban J connectivity index is 2.81. The lowest BCUT2D eigenvalue weighted by atomic mass is 9.84. The maximum atomic E-state index is 10.9. The van der Waals surface area contributed by atoms with E-state index in [1.165, 1.54) is 6.07 Å². The highest BCUT2D eigenvalue weighted by molar-refractivity contribution is 5.91. The van der Waals surface area contributed by atoms with Crippen LogP contribution in [0.2, 0.25) is 0 Å². The second-order valence-corrected chi connectivity index (χ2v) is 4.41. The maximum Gasteiger partial charge on any atom is 0.322 e. The number of hydrogen-bond donors (Lipinski definition) is 1. The van der Waals surface area contributed by atoms with E-state index in [1.54, 1.807) is 7.11 Å². The van der Waals surface area contributed by atoms with Gasteiger partial charge in [0.1, 0.15) is 5.75 Å². The minimum Gasteiger partial charge on any atom is -0.497 e. The number of nitrogens with zero attached hydrogens (tertiary/aromatic N) is 1. The van der Waals surface area contributed by atoms with Crippen LogP contribution in [0.15, 0.2) is 24.3 Å². The average Bonchev–Trinajstić information content (AvgIpc) is 2.36. The first-order valence-corrected chi connectivity index (χ1v) is 5.32. The molecule has 0 atom stereocenters. The Hall–Kier alpha value is -2.02. The van der Waals surface area contributed by atoms with Crippen molar-refractivity contribution in [2.45, 2.75) is 19.3 Å². The summed E-state index contributed by atoms with van der Waals surface area (Å²) < 4.78 is 5.16. The van der Waals surface area contributed by atoms with Crippen LogP contribution < -0.4 is 10.1 Å². The van der Waals surface area contributed by atoms with Crippen molar-refractivity contribution in [3.05, 3.63) is 29.8 Å². The normalized spacial score (nSPS) is 10.5. The summed E-state index contributed by atoms with van der Waals surface area (Å²) in [7, 11) is 1.61. The molecule has 1 aromatic carbocycles. The van der Waals surface area contributed by atoms with Crippen LogP contribution in [0, 0.1) is 11.3 Å². The summed E-state index contributed by atoms with van der Waals surface area (Å²) in [4.78, 5) is 10.9. The van der Waals surface area contributed by atoms with E-state index in [1.807, 2.05) is 38.1 Å². The number of nitriles is 1. The number of carbonyl (C=O) groups is 1. The number of ether oxygens (including phenoxy) is 1. The second-order valence-electron chi connectivity index (χ2n) is 4.41. The molecule has 0 radical (unpaired) electrons. The van der Waals surface area contributed by atoms with Crippen molar-refractivity contribution in [1.82, 2.24) is 5.32 Å². The van der Waals surface area contributed by atoms with Crippen molar-refractivity contribution in [2.75, 3.05) is 13.7 Å². The fourth-order valence-corrected chi connectivity index (χ4v) is 1.49. The lowest BCUT2D eigenvalue weighted by Gasteiger charge is -2.25. The molecule has 0 unspecified atom stereocenters. The first kappa shape index (κ1) is 13.0. The molecule has 1 N–H and O–H groups in total. The monoisotopic (exact) mass is 232 g/mol. The van der Waals surface area contributed by atoms with Gasteiger partial charge >= 0.3 is 5.91 Å². The molecule has 0 saturated carbocycles. The van der Waals surface area contributed by atoms with Gasteiger partial charge in [-0.3, -0.25) is 4.79 Å². The molecular weight excluding hydrogens is 216 g/mol. The molecule has 0 aliphatic rings. The quantitative estimate of drug-likeness (QED) is 0.802. The van der Waals surface area contributed by atoms with Gasteiger partial charge in [0.05, 0.1) is 7.11 Å². The molecule has 17 heavy (non-hydrogen) atoms. The summed E-state index contributed by atoms with van der Waals surface area (Å²) in [6.45, 7) is 4.41. The number of amides is 1. The molecule has 0 bridgehead atoms. The van der Waals surface area contributed by atoms with Gasteiger partial charge in [0.15, 0.2) is 6.07 Å². The predicted molar refractivity (Wildman–Crippen MR) is 64.6 cm³/mol. The fourth-order valence-electron chi connectivity index (χ4n) is 1.49. The number of nitrogens with one attached hydrogen (secondary N) is 1. The van der Waals surface area contributed by atoms with Gasteiger partial charge in [0.2, 0.25) is 0 Å². The highest BCUT2D eigenvalue weighted by atomic mass is 16.5. The molecule has 0 spiro atoms. The molecule has 0 aliphatic carbocycles. The topological polar surface area (TPSA) is 62.1 Å². The van der Waals surface area contributed by atoms with Crippen LogP contribution in [-0.2, 0) is 10.2 Å². The van der Waals surface area contributed by atoms with E-state index >= 15 is 0 Å².